The van der Waals surface area contributed by atoms with E-state index in [-0.39, 0.29) is 34.4 Å². The van der Waals surface area contributed by atoms with Gasteiger partial charge in [-0.05, 0) is 30.7 Å². The lowest BCUT2D eigenvalue weighted by atomic mass is 10.0. The molecular formula is C21H18ClF4N3O6. The molecule has 35 heavy (non-hydrogen) atoms. The van der Waals surface area contributed by atoms with Gasteiger partial charge in [-0.15, -0.1) is 0 Å². The first-order valence-electron chi connectivity index (χ1n) is 10.0. The summed E-state index contributed by atoms with van der Waals surface area (Å²) in [6.07, 6.45) is -5.59. The molecule has 3 amide bonds. The normalized spacial score (nSPS) is 18.3. The quantitative estimate of drug-likeness (QED) is 0.426. The van der Waals surface area contributed by atoms with Crippen LogP contribution in [0.2, 0.25) is 5.02 Å². The Hall–Kier alpha value is -3.45. The lowest BCUT2D eigenvalue weighted by Crippen LogP contribution is -2.68. The molecule has 1 aromatic carbocycles. The van der Waals surface area contributed by atoms with Crippen molar-refractivity contribution in [3.8, 4) is 5.88 Å². The molecular weight excluding hydrogens is 502 g/mol. The summed E-state index contributed by atoms with van der Waals surface area (Å²) in [5.41, 5.74) is -3.91. The summed E-state index contributed by atoms with van der Waals surface area (Å²) in [6.45, 7) is 1.33. The van der Waals surface area contributed by atoms with E-state index in [0.717, 1.165) is 12.1 Å². The zero-order valence-electron chi connectivity index (χ0n) is 18.0. The summed E-state index contributed by atoms with van der Waals surface area (Å²) in [5, 5.41) is 10.8. The van der Waals surface area contributed by atoms with E-state index in [1.807, 2.05) is 0 Å². The van der Waals surface area contributed by atoms with Crippen molar-refractivity contribution in [3.63, 3.8) is 0 Å². The van der Waals surface area contributed by atoms with Crippen molar-refractivity contribution >= 4 is 35.2 Å². The summed E-state index contributed by atoms with van der Waals surface area (Å²) >= 11 is 6.12. The van der Waals surface area contributed by atoms with Gasteiger partial charge in [0.05, 0.1) is 18.7 Å². The molecule has 9 nitrogen and oxygen atoms in total. The first-order valence-corrected chi connectivity index (χ1v) is 10.4. The zero-order valence-corrected chi connectivity index (χ0v) is 18.7. The van der Waals surface area contributed by atoms with E-state index >= 15 is 0 Å². The van der Waals surface area contributed by atoms with Gasteiger partial charge in [-0.3, -0.25) is 4.79 Å². The molecule has 0 saturated carbocycles. The Morgan fingerprint density at radius 3 is 2.66 bits per heavy atom. The largest absolute Gasteiger partial charge is 0.465 e. The van der Waals surface area contributed by atoms with Crippen LogP contribution in [-0.4, -0.2) is 53.1 Å². The van der Waals surface area contributed by atoms with Gasteiger partial charge in [0.1, 0.15) is 5.82 Å². The molecule has 1 aromatic heterocycles. The van der Waals surface area contributed by atoms with E-state index in [0.29, 0.717) is 5.56 Å². The molecule has 0 spiro atoms. The van der Waals surface area contributed by atoms with E-state index in [2.05, 4.69) is 4.98 Å². The van der Waals surface area contributed by atoms with Crippen LogP contribution in [0.3, 0.4) is 0 Å². The number of hydrogen-bond acceptors (Lipinski definition) is 7. The highest BCUT2D eigenvalue weighted by molar-refractivity contribution is 6.31. The molecule has 2 heterocycles. The highest BCUT2D eigenvalue weighted by Crippen LogP contribution is 2.37. The Morgan fingerprint density at radius 2 is 2.03 bits per heavy atom. The molecule has 1 aliphatic rings. The topological polar surface area (TPSA) is 118 Å². The number of aromatic nitrogens is 1. The summed E-state index contributed by atoms with van der Waals surface area (Å²) < 4.78 is 64.0. The lowest BCUT2D eigenvalue weighted by Gasteiger charge is -2.38. The van der Waals surface area contributed by atoms with Gasteiger partial charge in [-0.25, -0.2) is 23.9 Å². The Balaban J connectivity index is 1.90. The van der Waals surface area contributed by atoms with Gasteiger partial charge >= 0.3 is 18.2 Å². The fourth-order valence-corrected chi connectivity index (χ4v) is 3.43. The van der Waals surface area contributed by atoms with E-state index in [9.17, 15) is 37.1 Å². The SMILES string of the molecule is CCOC(=O)COc1ncccc1Cc1cc(N2C(=O)CC(O)(C(F)(F)F)NC2=O)c(F)cc1Cl. The minimum atomic E-state index is -5.34. The first kappa shape index (κ1) is 26.2. The van der Waals surface area contributed by atoms with E-state index in [1.165, 1.54) is 11.5 Å². The van der Waals surface area contributed by atoms with Gasteiger partial charge in [0.25, 0.3) is 0 Å². The van der Waals surface area contributed by atoms with Crippen molar-refractivity contribution in [1.29, 1.82) is 0 Å². The average Bonchev–Trinajstić information content (AvgIpc) is 2.75. The minimum Gasteiger partial charge on any atom is -0.465 e. The Kier molecular flexibility index (Phi) is 7.50. The van der Waals surface area contributed by atoms with E-state index in [4.69, 9.17) is 21.1 Å². The predicted octanol–water partition coefficient (Wildman–Crippen LogP) is 3.10. The summed E-state index contributed by atoms with van der Waals surface area (Å²) in [5.74, 6) is -3.26. The maximum absolute atomic E-state index is 14.7. The Bertz CT molecular complexity index is 1140. The first-order chi connectivity index (χ1) is 16.4. The molecule has 1 atom stereocenters. The van der Waals surface area contributed by atoms with E-state index < -0.39 is 54.3 Å². The number of carbonyl (C=O) groups excluding carboxylic acids is 3. The zero-order chi connectivity index (χ0) is 26.0. The van der Waals surface area contributed by atoms with Crippen LogP contribution in [-0.2, 0) is 20.7 Å². The number of nitrogens with one attached hydrogen (secondary N) is 1. The summed E-state index contributed by atoms with van der Waals surface area (Å²) in [4.78, 5) is 40.4. The van der Waals surface area contributed by atoms with E-state index in [1.54, 1.807) is 19.1 Å². The number of imide groups is 1. The number of pyridine rings is 1. The van der Waals surface area contributed by atoms with Crippen molar-refractivity contribution in [3.05, 3.63) is 52.4 Å². The molecule has 1 aliphatic heterocycles. The second-order valence-corrected chi connectivity index (χ2v) is 7.73. The van der Waals surface area contributed by atoms with Gasteiger partial charge in [-0.1, -0.05) is 17.7 Å². The molecule has 2 N–H and O–H groups in total. The number of rotatable bonds is 7. The van der Waals surface area contributed by atoms with Gasteiger partial charge in [0.2, 0.25) is 17.5 Å². The molecule has 0 bridgehead atoms. The monoisotopic (exact) mass is 519 g/mol. The molecule has 1 fully saturated rings. The molecule has 14 heteroatoms. The van der Waals surface area contributed by atoms with Crippen molar-refractivity contribution in [2.45, 2.75) is 31.7 Å². The number of nitrogens with zero attached hydrogens (tertiary/aromatic N) is 2. The minimum absolute atomic E-state index is 0.0320. The third-order valence-corrected chi connectivity index (χ3v) is 5.21. The number of esters is 1. The second-order valence-electron chi connectivity index (χ2n) is 7.33. The Labute approximate surface area is 200 Å². The highest BCUT2D eigenvalue weighted by Gasteiger charge is 2.60. The van der Waals surface area contributed by atoms with Crippen LogP contribution in [0.25, 0.3) is 0 Å². The fourth-order valence-electron chi connectivity index (χ4n) is 3.21. The number of urea groups is 1. The van der Waals surface area contributed by atoms with Gasteiger partial charge in [0.15, 0.2) is 6.61 Å². The number of hydrogen-bond donors (Lipinski definition) is 2. The van der Waals surface area contributed by atoms with Crippen LogP contribution in [0.5, 0.6) is 5.88 Å². The lowest BCUT2D eigenvalue weighted by molar-refractivity contribution is -0.269. The molecule has 0 radical (unpaired) electrons. The highest BCUT2D eigenvalue weighted by atomic mass is 35.5. The van der Waals surface area contributed by atoms with Crippen molar-refractivity contribution in [2.75, 3.05) is 18.1 Å². The van der Waals surface area contributed by atoms with Crippen LogP contribution in [0.15, 0.2) is 30.5 Å². The molecule has 188 valence electrons. The molecule has 1 saturated heterocycles. The number of aliphatic hydroxyl groups is 1. The van der Waals surface area contributed by atoms with Crippen LogP contribution in [0, 0.1) is 5.82 Å². The maximum Gasteiger partial charge on any atom is 0.437 e. The van der Waals surface area contributed by atoms with Crippen LogP contribution >= 0.6 is 11.6 Å². The number of ether oxygens (including phenoxy) is 2. The summed E-state index contributed by atoms with van der Waals surface area (Å²) in [6, 6.07) is 3.23. The average molecular weight is 520 g/mol. The Morgan fingerprint density at radius 1 is 1.31 bits per heavy atom. The summed E-state index contributed by atoms with van der Waals surface area (Å²) in [7, 11) is 0. The van der Waals surface area contributed by atoms with Gasteiger partial charge in [0, 0.05) is 23.2 Å². The van der Waals surface area contributed by atoms with Gasteiger partial charge < -0.3 is 19.9 Å². The maximum atomic E-state index is 14.7. The van der Waals surface area contributed by atoms with Crippen LogP contribution in [0.4, 0.5) is 28.0 Å². The third-order valence-electron chi connectivity index (χ3n) is 4.86. The van der Waals surface area contributed by atoms with Crippen molar-refractivity contribution in [2.24, 2.45) is 0 Å². The molecule has 0 aliphatic carbocycles. The fraction of sp³-hybridized carbons (Fsp3) is 0.333. The van der Waals surface area contributed by atoms with Crippen molar-refractivity contribution in [1.82, 2.24) is 10.3 Å². The number of amides is 3. The smallest absolute Gasteiger partial charge is 0.437 e. The van der Waals surface area contributed by atoms with Gasteiger partial charge in [-0.2, -0.15) is 13.2 Å². The standard InChI is InChI=1S/C21H18ClF4N3O6/c1-2-34-17(31)10-35-18-11(4-3-5-27-18)6-12-7-15(14(23)8-13(12)22)29-16(30)9-20(33,21(24,25)26)28-19(29)32/h3-5,7-8,33H,2,6,9-10H2,1H3,(H,28,32). The third kappa shape index (κ3) is 5.62. The van der Waals surface area contributed by atoms with Crippen LogP contribution in [0.1, 0.15) is 24.5 Å². The molecule has 2 aromatic rings. The number of carbonyl (C=O) groups is 3. The number of alkyl halides is 3. The van der Waals surface area contributed by atoms with Crippen molar-refractivity contribution < 1.29 is 46.5 Å². The number of benzene rings is 1. The predicted molar refractivity (Wildman–Crippen MR) is 112 cm³/mol. The molecule has 3 rings (SSSR count). The molecule has 1 unspecified atom stereocenters. The second kappa shape index (κ2) is 10.0. The van der Waals surface area contributed by atoms with Crippen LogP contribution < -0.4 is 15.0 Å². The number of anilines is 1. The number of halogens is 5.